The van der Waals surface area contributed by atoms with E-state index in [1.54, 1.807) is 0 Å². The molecule has 0 radical (unpaired) electrons. The van der Waals surface area contributed by atoms with E-state index in [9.17, 15) is 9.59 Å². The minimum Gasteiger partial charge on any atom is -0.360 e. The molecule has 3 rings (SSSR count). The number of aromatic nitrogens is 1. The van der Waals surface area contributed by atoms with Gasteiger partial charge in [-0.1, -0.05) is 5.16 Å². The van der Waals surface area contributed by atoms with Crippen LogP contribution in [0.5, 0.6) is 0 Å². The van der Waals surface area contributed by atoms with E-state index in [0.717, 1.165) is 44.2 Å². The summed E-state index contributed by atoms with van der Waals surface area (Å²) < 4.78 is 5.23. The molecular weight excluding hydrogens is 284 g/mol. The molecule has 7 nitrogen and oxygen atoms in total. The summed E-state index contributed by atoms with van der Waals surface area (Å²) in [6, 6.07) is 1.95. The third-order valence-electron chi connectivity index (χ3n) is 4.35. The second kappa shape index (κ2) is 6.48. The number of piperazine rings is 1. The van der Waals surface area contributed by atoms with Gasteiger partial charge in [0.25, 0.3) is 0 Å². The first kappa shape index (κ1) is 15.0. The van der Waals surface area contributed by atoms with Crippen LogP contribution in [0.4, 0.5) is 0 Å². The van der Waals surface area contributed by atoms with Crippen molar-refractivity contribution in [3.05, 3.63) is 17.5 Å². The summed E-state index contributed by atoms with van der Waals surface area (Å²) in [5, 5.41) is 6.67. The van der Waals surface area contributed by atoms with Crippen molar-refractivity contribution in [1.82, 2.24) is 20.3 Å². The van der Waals surface area contributed by atoms with Crippen LogP contribution in [0.3, 0.4) is 0 Å². The van der Waals surface area contributed by atoms with Crippen LogP contribution < -0.4 is 5.32 Å². The van der Waals surface area contributed by atoms with Crippen molar-refractivity contribution in [2.75, 3.05) is 32.7 Å². The first-order valence-electron chi connectivity index (χ1n) is 7.82. The highest BCUT2D eigenvalue weighted by atomic mass is 16.5. The van der Waals surface area contributed by atoms with Gasteiger partial charge in [-0.2, -0.15) is 0 Å². The van der Waals surface area contributed by atoms with Gasteiger partial charge in [-0.3, -0.25) is 14.5 Å². The molecular formula is C15H22N4O3. The molecule has 0 bridgehead atoms. The molecule has 2 amide bonds. The number of amides is 2. The topological polar surface area (TPSA) is 78.7 Å². The number of hydrogen-bond donors (Lipinski definition) is 1. The molecule has 1 N–H and O–H groups in total. The molecule has 2 aliphatic heterocycles. The second-order valence-corrected chi connectivity index (χ2v) is 6.08. The molecule has 1 aromatic rings. The minimum atomic E-state index is -0.0545. The fraction of sp³-hybridized carbons (Fsp3) is 0.667. The monoisotopic (exact) mass is 306 g/mol. The number of carbonyl (C=O) groups excluding carboxylic acids is 2. The smallest absolute Gasteiger partial charge is 0.227 e. The molecule has 1 aromatic heterocycles. The Labute approximate surface area is 129 Å². The Morgan fingerprint density at radius 1 is 1.41 bits per heavy atom. The average Bonchev–Trinajstić information content (AvgIpc) is 2.93. The van der Waals surface area contributed by atoms with Gasteiger partial charge in [-0.25, -0.2) is 0 Å². The van der Waals surface area contributed by atoms with E-state index < -0.39 is 0 Å². The van der Waals surface area contributed by atoms with Crippen LogP contribution in [0.15, 0.2) is 10.6 Å². The predicted octanol–water partition coefficient (Wildman–Crippen LogP) is 0.153. The number of nitrogens with one attached hydrogen (secondary N) is 1. The van der Waals surface area contributed by atoms with Crippen molar-refractivity contribution in [1.29, 1.82) is 0 Å². The molecule has 120 valence electrons. The molecule has 2 fully saturated rings. The zero-order valence-electron chi connectivity index (χ0n) is 12.9. The third kappa shape index (κ3) is 3.47. The first-order chi connectivity index (χ1) is 10.6. The van der Waals surface area contributed by atoms with E-state index in [-0.39, 0.29) is 17.7 Å². The van der Waals surface area contributed by atoms with E-state index in [2.05, 4.69) is 15.4 Å². The standard InChI is InChI=1S/C15H22N4O3/c1-11-8-13(22-17-11)10-18-4-6-19(7-5-18)15(21)12-2-3-14(20)16-9-12/h8,12H,2-7,9-10H2,1H3,(H,16,20). The van der Waals surface area contributed by atoms with E-state index >= 15 is 0 Å². The van der Waals surface area contributed by atoms with Crippen LogP contribution in [0.1, 0.15) is 24.3 Å². The van der Waals surface area contributed by atoms with Gasteiger partial charge < -0.3 is 14.7 Å². The predicted molar refractivity (Wildman–Crippen MR) is 78.8 cm³/mol. The zero-order chi connectivity index (χ0) is 15.5. The van der Waals surface area contributed by atoms with Crippen molar-refractivity contribution in [3.8, 4) is 0 Å². The van der Waals surface area contributed by atoms with Crippen molar-refractivity contribution >= 4 is 11.8 Å². The summed E-state index contributed by atoms with van der Waals surface area (Å²) in [4.78, 5) is 27.8. The maximum absolute atomic E-state index is 12.5. The van der Waals surface area contributed by atoms with Crippen molar-refractivity contribution in [2.24, 2.45) is 5.92 Å². The van der Waals surface area contributed by atoms with E-state index in [4.69, 9.17) is 4.52 Å². The number of aryl methyl sites for hydroxylation is 1. The van der Waals surface area contributed by atoms with Crippen molar-refractivity contribution in [2.45, 2.75) is 26.3 Å². The molecule has 0 aliphatic carbocycles. The molecule has 1 unspecified atom stereocenters. The molecule has 2 saturated heterocycles. The lowest BCUT2D eigenvalue weighted by molar-refractivity contribution is -0.139. The van der Waals surface area contributed by atoms with Crippen molar-refractivity contribution < 1.29 is 14.1 Å². The zero-order valence-corrected chi connectivity index (χ0v) is 12.9. The summed E-state index contributed by atoms with van der Waals surface area (Å²) in [6.07, 6.45) is 1.13. The molecule has 22 heavy (non-hydrogen) atoms. The SMILES string of the molecule is Cc1cc(CN2CCN(C(=O)C3CCC(=O)NC3)CC2)on1. The Balaban J connectivity index is 1.47. The van der Waals surface area contributed by atoms with E-state index in [1.165, 1.54) is 0 Å². The van der Waals surface area contributed by atoms with E-state index in [0.29, 0.717) is 19.4 Å². The Morgan fingerprint density at radius 2 is 2.18 bits per heavy atom. The summed E-state index contributed by atoms with van der Waals surface area (Å²) in [5.74, 6) is 1.04. The molecule has 0 saturated carbocycles. The number of piperidine rings is 1. The van der Waals surface area contributed by atoms with Gasteiger partial charge in [0.15, 0.2) is 5.76 Å². The number of hydrogen-bond acceptors (Lipinski definition) is 5. The lowest BCUT2D eigenvalue weighted by atomic mass is 9.97. The molecule has 0 aromatic carbocycles. The largest absolute Gasteiger partial charge is 0.360 e. The Morgan fingerprint density at radius 3 is 2.77 bits per heavy atom. The fourth-order valence-corrected chi connectivity index (χ4v) is 3.04. The Kier molecular flexibility index (Phi) is 4.42. The maximum Gasteiger partial charge on any atom is 0.227 e. The number of rotatable bonds is 3. The first-order valence-corrected chi connectivity index (χ1v) is 7.82. The van der Waals surface area contributed by atoms with Crippen LogP contribution in [0.25, 0.3) is 0 Å². The van der Waals surface area contributed by atoms with E-state index in [1.807, 2.05) is 17.9 Å². The fourth-order valence-electron chi connectivity index (χ4n) is 3.04. The Hall–Kier alpha value is -1.89. The maximum atomic E-state index is 12.5. The normalized spacial score (nSPS) is 23.4. The molecule has 2 aliphatic rings. The van der Waals surface area contributed by atoms with Gasteiger partial charge in [-0.15, -0.1) is 0 Å². The lowest BCUT2D eigenvalue weighted by Crippen LogP contribution is -2.52. The van der Waals surface area contributed by atoms with Crippen LogP contribution in [0, 0.1) is 12.8 Å². The Bertz CT molecular complexity index is 539. The summed E-state index contributed by atoms with van der Waals surface area (Å²) in [6.45, 7) is 6.27. The summed E-state index contributed by atoms with van der Waals surface area (Å²) in [5.41, 5.74) is 0.892. The quantitative estimate of drug-likeness (QED) is 0.860. The average molecular weight is 306 g/mol. The highest BCUT2D eigenvalue weighted by Crippen LogP contribution is 2.16. The van der Waals surface area contributed by atoms with Crippen LogP contribution >= 0.6 is 0 Å². The van der Waals surface area contributed by atoms with Gasteiger partial charge in [-0.05, 0) is 13.3 Å². The van der Waals surface area contributed by atoms with Gasteiger partial charge in [0.05, 0.1) is 18.2 Å². The van der Waals surface area contributed by atoms with Crippen LogP contribution in [0.2, 0.25) is 0 Å². The van der Waals surface area contributed by atoms with Gasteiger partial charge in [0.2, 0.25) is 11.8 Å². The number of nitrogens with zero attached hydrogens (tertiary/aromatic N) is 3. The third-order valence-corrected chi connectivity index (χ3v) is 4.35. The van der Waals surface area contributed by atoms with Crippen molar-refractivity contribution in [3.63, 3.8) is 0 Å². The molecule has 7 heteroatoms. The van der Waals surface area contributed by atoms with Crippen LogP contribution in [-0.2, 0) is 16.1 Å². The summed E-state index contributed by atoms with van der Waals surface area (Å²) in [7, 11) is 0. The molecule has 3 heterocycles. The van der Waals surface area contributed by atoms with Gasteiger partial charge in [0.1, 0.15) is 0 Å². The minimum absolute atomic E-state index is 0.0521. The number of carbonyl (C=O) groups is 2. The van der Waals surface area contributed by atoms with Gasteiger partial charge >= 0.3 is 0 Å². The second-order valence-electron chi connectivity index (χ2n) is 6.08. The highest BCUT2D eigenvalue weighted by Gasteiger charge is 2.30. The molecule has 0 spiro atoms. The summed E-state index contributed by atoms with van der Waals surface area (Å²) >= 11 is 0. The van der Waals surface area contributed by atoms with Crippen LogP contribution in [-0.4, -0.2) is 59.5 Å². The molecule has 1 atom stereocenters. The highest BCUT2D eigenvalue weighted by molar-refractivity contribution is 5.83. The lowest BCUT2D eigenvalue weighted by Gasteiger charge is -2.36. The van der Waals surface area contributed by atoms with Gasteiger partial charge in [0, 0.05) is 45.2 Å².